The van der Waals surface area contributed by atoms with E-state index in [1.54, 1.807) is 4.90 Å². The van der Waals surface area contributed by atoms with Crippen molar-refractivity contribution in [2.24, 2.45) is 11.5 Å². The normalized spacial score (nSPS) is 25.2. The first-order valence-electron chi connectivity index (χ1n) is 3.60. The van der Waals surface area contributed by atoms with Crippen molar-refractivity contribution in [3.8, 4) is 0 Å². The molecular weight excluding hydrogens is 146 g/mol. The molecule has 1 fully saturated rings. The smallest absolute Gasteiger partial charge is 0.314 e. The number of rotatable bonds is 1. The van der Waals surface area contributed by atoms with Crippen molar-refractivity contribution in [2.75, 3.05) is 26.2 Å². The molecule has 64 valence electrons. The molecule has 1 aliphatic heterocycles. The van der Waals surface area contributed by atoms with Crippen molar-refractivity contribution < 1.29 is 9.53 Å². The summed E-state index contributed by atoms with van der Waals surface area (Å²) in [7, 11) is 0. The zero-order valence-corrected chi connectivity index (χ0v) is 6.32. The molecule has 1 aliphatic rings. The molecule has 11 heavy (non-hydrogen) atoms. The van der Waals surface area contributed by atoms with Gasteiger partial charge in [-0.3, -0.25) is 0 Å². The predicted molar refractivity (Wildman–Crippen MR) is 40.0 cm³/mol. The summed E-state index contributed by atoms with van der Waals surface area (Å²) in [5, 5.41) is 0. The van der Waals surface area contributed by atoms with Crippen molar-refractivity contribution in [1.29, 1.82) is 0 Å². The van der Waals surface area contributed by atoms with Crippen LogP contribution in [0.5, 0.6) is 0 Å². The van der Waals surface area contributed by atoms with Crippen molar-refractivity contribution in [2.45, 2.75) is 6.10 Å². The Balaban J connectivity index is 2.39. The molecular formula is C6H13N3O2. The maximum absolute atomic E-state index is 10.7. The fourth-order valence-electron chi connectivity index (χ4n) is 1.06. The van der Waals surface area contributed by atoms with Crippen molar-refractivity contribution in [3.63, 3.8) is 0 Å². The van der Waals surface area contributed by atoms with E-state index < -0.39 is 6.03 Å². The minimum Gasteiger partial charge on any atom is -0.373 e. The largest absolute Gasteiger partial charge is 0.373 e. The average molecular weight is 159 g/mol. The summed E-state index contributed by atoms with van der Waals surface area (Å²) >= 11 is 0. The van der Waals surface area contributed by atoms with Gasteiger partial charge in [-0.2, -0.15) is 0 Å². The molecule has 5 nitrogen and oxygen atoms in total. The lowest BCUT2D eigenvalue weighted by atomic mass is 10.3. The molecule has 1 rings (SSSR count). The SMILES string of the molecule is NC[C@@H]1CN(C(N)=O)CCO1. The van der Waals surface area contributed by atoms with Crippen LogP contribution in [0, 0.1) is 0 Å². The molecule has 0 aromatic carbocycles. The van der Waals surface area contributed by atoms with Gasteiger partial charge in [0.1, 0.15) is 0 Å². The molecule has 0 aromatic rings. The van der Waals surface area contributed by atoms with E-state index in [0.717, 1.165) is 0 Å². The number of nitrogens with zero attached hydrogens (tertiary/aromatic N) is 1. The molecule has 0 aliphatic carbocycles. The number of primary amides is 1. The van der Waals surface area contributed by atoms with Crippen LogP contribution in [-0.4, -0.2) is 43.3 Å². The fraction of sp³-hybridized carbons (Fsp3) is 0.833. The molecule has 4 N–H and O–H groups in total. The molecule has 0 aromatic heterocycles. The van der Waals surface area contributed by atoms with Gasteiger partial charge in [-0.25, -0.2) is 4.79 Å². The monoisotopic (exact) mass is 159 g/mol. The van der Waals surface area contributed by atoms with Crippen LogP contribution in [0.1, 0.15) is 0 Å². The predicted octanol–water partition coefficient (Wildman–Crippen LogP) is -1.28. The number of hydrogen-bond donors (Lipinski definition) is 2. The third-order valence-corrected chi connectivity index (χ3v) is 1.71. The molecule has 5 heteroatoms. The standard InChI is InChI=1S/C6H13N3O2/c7-3-5-4-9(6(8)10)1-2-11-5/h5H,1-4,7H2,(H2,8,10)/t5-/m1/s1. The maximum atomic E-state index is 10.7. The van der Waals surface area contributed by atoms with Gasteiger partial charge in [0.2, 0.25) is 0 Å². The first-order chi connectivity index (χ1) is 5.24. The zero-order valence-electron chi connectivity index (χ0n) is 6.32. The van der Waals surface area contributed by atoms with Gasteiger partial charge in [0.05, 0.1) is 12.7 Å². The van der Waals surface area contributed by atoms with E-state index in [4.69, 9.17) is 16.2 Å². The van der Waals surface area contributed by atoms with Crippen LogP contribution in [0.3, 0.4) is 0 Å². The van der Waals surface area contributed by atoms with E-state index in [-0.39, 0.29) is 6.10 Å². The molecule has 2 amide bonds. The van der Waals surface area contributed by atoms with Crippen LogP contribution in [-0.2, 0) is 4.74 Å². The Morgan fingerprint density at radius 1 is 1.73 bits per heavy atom. The van der Waals surface area contributed by atoms with Gasteiger partial charge >= 0.3 is 6.03 Å². The Morgan fingerprint density at radius 2 is 2.45 bits per heavy atom. The minimum absolute atomic E-state index is 0.0451. The van der Waals surface area contributed by atoms with Crippen molar-refractivity contribution in [3.05, 3.63) is 0 Å². The zero-order chi connectivity index (χ0) is 8.27. The number of carbonyl (C=O) groups is 1. The van der Waals surface area contributed by atoms with Gasteiger partial charge < -0.3 is 21.1 Å². The first-order valence-corrected chi connectivity index (χ1v) is 3.60. The number of hydrogen-bond acceptors (Lipinski definition) is 3. The Hall–Kier alpha value is -0.810. The first kappa shape index (κ1) is 8.29. The molecule has 1 heterocycles. The summed E-state index contributed by atoms with van der Waals surface area (Å²) in [5.74, 6) is 0. The summed E-state index contributed by atoms with van der Waals surface area (Å²) in [5.41, 5.74) is 10.4. The van der Waals surface area contributed by atoms with Crippen molar-refractivity contribution in [1.82, 2.24) is 4.90 Å². The Morgan fingerprint density at radius 3 is 3.00 bits per heavy atom. The second-order valence-electron chi connectivity index (χ2n) is 2.51. The Bertz CT molecular complexity index is 151. The molecule has 0 unspecified atom stereocenters. The maximum Gasteiger partial charge on any atom is 0.314 e. The van der Waals surface area contributed by atoms with Crippen LogP contribution >= 0.6 is 0 Å². The number of urea groups is 1. The molecule has 0 spiro atoms. The van der Waals surface area contributed by atoms with Crippen LogP contribution in [0.15, 0.2) is 0 Å². The highest BCUT2D eigenvalue weighted by Gasteiger charge is 2.20. The topological polar surface area (TPSA) is 81.6 Å². The number of ether oxygens (including phenoxy) is 1. The summed E-state index contributed by atoms with van der Waals surface area (Å²) in [4.78, 5) is 12.2. The van der Waals surface area contributed by atoms with E-state index in [0.29, 0.717) is 26.2 Å². The van der Waals surface area contributed by atoms with Crippen molar-refractivity contribution >= 4 is 6.03 Å². The van der Waals surface area contributed by atoms with Gasteiger partial charge in [0.15, 0.2) is 0 Å². The van der Waals surface area contributed by atoms with Crippen LogP contribution in [0.2, 0.25) is 0 Å². The van der Waals surface area contributed by atoms with Crippen LogP contribution in [0.4, 0.5) is 4.79 Å². The minimum atomic E-state index is -0.397. The number of morpholine rings is 1. The third kappa shape index (κ3) is 2.06. The molecule has 0 radical (unpaired) electrons. The van der Waals surface area contributed by atoms with Gasteiger partial charge in [0, 0.05) is 19.6 Å². The summed E-state index contributed by atoms with van der Waals surface area (Å²) < 4.78 is 5.23. The quantitative estimate of drug-likeness (QED) is 0.500. The number of carbonyl (C=O) groups excluding carboxylic acids is 1. The van der Waals surface area contributed by atoms with Gasteiger partial charge in [-0.1, -0.05) is 0 Å². The Kier molecular flexibility index (Phi) is 2.67. The van der Waals surface area contributed by atoms with Gasteiger partial charge in [-0.15, -0.1) is 0 Å². The van der Waals surface area contributed by atoms with Gasteiger partial charge in [-0.05, 0) is 0 Å². The molecule has 0 bridgehead atoms. The fourth-order valence-corrected chi connectivity index (χ4v) is 1.06. The lowest BCUT2D eigenvalue weighted by molar-refractivity contribution is -0.00727. The number of nitrogens with two attached hydrogens (primary N) is 2. The lowest BCUT2D eigenvalue weighted by Crippen LogP contribution is -2.49. The number of amides is 2. The summed E-state index contributed by atoms with van der Waals surface area (Å²) in [6.45, 7) is 2.06. The highest BCUT2D eigenvalue weighted by atomic mass is 16.5. The Labute approximate surface area is 65.3 Å². The van der Waals surface area contributed by atoms with E-state index in [9.17, 15) is 4.79 Å². The van der Waals surface area contributed by atoms with Crippen LogP contribution < -0.4 is 11.5 Å². The van der Waals surface area contributed by atoms with E-state index in [2.05, 4.69) is 0 Å². The lowest BCUT2D eigenvalue weighted by Gasteiger charge is -2.30. The molecule has 1 atom stereocenters. The molecule has 0 saturated carbocycles. The second-order valence-corrected chi connectivity index (χ2v) is 2.51. The highest BCUT2D eigenvalue weighted by Crippen LogP contribution is 2.02. The van der Waals surface area contributed by atoms with E-state index in [1.165, 1.54) is 0 Å². The van der Waals surface area contributed by atoms with E-state index in [1.807, 2.05) is 0 Å². The van der Waals surface area contributed by atoms with Gasteiger partial charge in [0.25, 0.3) is 0 Å². The van der Waals surface area contributed by atoms with E-state index >= 15 is 0 Å². The third-order valence-electron chi connectivity index (χ3n) is 1.71. The summed E-state index contributed by atoms with van der Waals surface area (Å²) in [6.07, 6.45) is -0.0451. The second kappa shape index (κ2) is 3.54. The highest BCUT2D eigenvalue weighted by molar-refractivity contribution is 5.72. The molecule has 1 saturated heterocycles. The summed E-state index contributed by atoms with van der Waals surface area (Å²) in [6, 6.07) is -0.397. The average Bonchev–Trinajstić information content (AvgIpc) is 2.05. The van der Waals surface area contributed by atoms with Crippen LogP contribution in [0.25, 0.3) is 0 Å².